The Kier molecular flexibility index (Phi) is 3.14. The second kappa shape index (κ2) is 4.57. The Bertz CT molecular complexity index is 502. The average Bonchev–Trinajstić information content (AvgIpc) is 2.30. The van der Waals surface area contributed by atoms with E-state index in [2.05, 4.69) is 26.1 Å². The predicted octanol–water partition coefficient (Wildman–Crippen LogP) is 3.05. The van der Waals surface area contributed by atoms with Crippen molar-refractivity contribution in [1.29, 1.82) is 0 Å². The molecule has 0 fully saturated rings. The van der Waals surface area contributed by atoms with Crippen LogP contribution in [0, 0.1) is 5.82 Å². The van der Waals surface area contributed by atoms with Crippen molar-refractivity contribution in [2.75, 3.05) is 7.11 Å². The number of halogens is 2. The van der Waals surface area contributed by atoms with Crippen molar-refractivity contribution in [2.24, 2.45) is 0 Å². The third-order valence-corrected chi connectivity index (χ3v) is 2.50. The van der Waals surface area contributed by atoms with Gasteiger partial charge in [0.15, 0.2) is 11.6 Å². The Morgan fingerprint density at radius 1 is 1.19 bits per heavy atom. The summed E-state index contributed by atoms with van der Waals surface area (Å²) in [5, 5.41) is 7.78. The second-order valence-corrected chi connectivity index (χ2v) is 3.90. The van der Waals surface area contributed by atoms with Gasteiger partial charge in [-0.05, 0) is 46.3 Å². The van der Waals surface area contributed by atoms with E-state index in [4.69, 9.17) is 4.74 Å². The van der Waals surface area contributed by atoms with Gasteiger partial charge in [0.25, 0.3) is 0 Å². The lowest BCUT2D eigenvalue weighted by molar-refractivity contribution is 0.386. The molecule has 0 atom stereocenters. The highest BCUT2D eigenvalue weighted by molar-refractivity contribution is 9.10. The van der Waals surface area contributed by atoms with Gasteiger partial charge in [0.05, 0.1) is 12.8 Å². The minimum absolute atomic E-state index is 0.217. The van der Waals surface area contributed by atoms with Crippen molar-refractivity contribution in [3.8, 4) is 17.0 Å². The van der Waals surface area contributed by atoms with Gasteiger partial charge < -0.3 is 4.74 Å². The van der Waals surface area contributed by atoms with E-state index in [0.717, 1.165) is 0 Å². The highest BCUT2D eigenvalue weighted by Gasteiger charge is 2.06. The van der Waals surface area contributed by atoms with Gasteiger partial charge in [-0.25, -0.2) is 4.39 Å². The van der Waals surface area contributed by atoms with Crippen LogP contribution in [0.15, 0.2) is 34.9 Å². The van der Waals surface area contributed by atoms with Crippen LogP contribution in [0.2, 0.25) is 0 Å². The summed E-state index contributed by atoms with van der Waals surface area (Å²) in [4.78, 5) is 0. The van der Waals surface area contributed by atoms with Gasteiger partial charge >= 0.3 is 0 Å². The fourth-order valence-corrected chi connectivity index (χ4v) is 1.51. The first-order valence-electron chi connectivity index (χ1n) is 4.54. The number of ether oxygens (including phenoxy) is 1. The fourth-order valence-electron chi connectivity index (χ4n) is 1.30. The van der Waals surface area contributed by atoms with Crippen LogP contribution < -0.4 is 4.74 Å². The van der Waals surface area contributed by atoms with Crippen molar-refractivity contribution in [2.45, 2.75) is 0 Å². The molecule has 0 saturated heterocycles. The minimum atomic E-state index is -0.412. The third kappa shape index (κ3) is 2.19. The van der Waals surface area contributed by atoms with Crippen LogP contribution >= 0.6 is 15.9 Å². The molecular weight excluding hydrogens is 275 g/mol. The molecule has 0 aliphatic rings. The number of nitrogens with zero attached hydrogens (tertiary/aromatic N) is 2. The maximum atomic E-state index is 13.4. The first kappa shape index (κ1) is 11.0. The van der Waals surface area contributed by atoms with Crippen LogP contribution in [0.3, 0.4) is 0 Å². The molecule has 3 nitrogen and oxygen atoms in total. The smallest absolute Gasteiger partial charge is 0.165 e. The summed E-state index contributed by atoms with van der Waals surface area (Å²) in [6.45, 7) is 0. The standard InChI is InChI=1S/C11H8BrFN2O/c1-16-10-4-2-7(6-8(10)13)9-3-5-11(12)15-14-9/h2-6H,1H3. The zero-order valence-electron chi connectivity index (χ0n) is 8.45. The molecule has 0 radical (unpaired) electrons. The Morgan fingerprint density at radius 3 is 2.56 bits per heavy atom. The molecule has 0 aliphatic heterocycles. The molecule has 0 spiro atoms. The van der Waals surface area contributed by atoms with E-state index >= 15 is 0 Å². The van der Waals surface area contributed by atoms with Gasteiger partial charge in [0.1, 0.15) is 4.60 Å². The van der Waals surface area contributed by atoms with Crippen LogP contribution in [0.1, 0.15) is 0 Å². The average molecular weight is 283 g/mol. The number of methoxy groups -OCH3 is 1. The first-order valence-corrected chi connectivity index (χ1v) is 5.33. The maximum Gasteiger partial charge on any atom is 0.165 e. The summed E-state index contributed by atoms with van der Waals surface area (Å²) in [6.07, 6.45) is 0. The molecule has 2 rings (SSSR count). The molecule has 0 bridgehead atoms. The van der Waals surface area contributed by atoms with Gasteiger partial charge in [-0.15, -0.1) is 10.2 Å². The van der Waals surface area contributed by atoms with Crippen LogP contribution in [-0.2, 0) is 0 Å². The van der Waals surface area contributed by atoms with Gasteiger partial charge in [-0.3, -0.25) is 0 Å². The molecule has 0 amide bonds. The summed E-state index contributed by atoms with van der Waals surface area (Å²) in [5.74, 6) is -0.196. The summed E-state index contributed by atoms with van der Waals surface area (Å²) in [5.41, 5.74) is 1.28. The van der Waals surface area contributed by atoms with Gasteiger partial charge in [-0.2, -0.15) is 0 Å². The normalized spacial score (nSPS) is 10.2. The van der Waals surface area contributed by atoms with Crippen molar-refractivity contribution in [1.82, 2.24) is 10.2 Å². The lowest BCUT2D eigenvalue weighted by Crippen LogP contribution is -1.91. The monoisotopic (exact) mass is 282 g/mol. The molecule has 0 aliphatic carbocycles. The second-order valence-electron chi connectivity index (χ2n) is 3.09. The van der Waals surface area contributed by atoms with E-state index in [9.17, 15) is 4.39 Å². The van der Waals surface area contributed by atoms with Crippen LogP contribution in [0.25, 0.3) is 11.3 Å². The highest BCUT2D eigenvalue weighted by Crippen LogP contribution is 2.24. The molecule has 0 N–H and O–H groups in total. The molecule has 0 saturated carbocycles. The van der Waals surface area contributed by atoms with Gasteiger partial charge in [0, 0.05) is 5.56 Å². The lowest BCUT2D eigenvalue weighted by atomic mass is 10.1. The number of hydrogen-bond acceptors (Lipinski definition) is 3. The van der Waals surface area contributed by atoms with E-state index < -0.39 is 5.82 Å². The van der Waals surface area contributed by atoms with Crippen LogP contribution in [-0.4, -0.2) is 17.3 Å². The van der Waals surface area contributed by atoms with E-state index in [0.29, 0.717) is 15.9 Å². The van der Waals surface area contributed by atoms with Crippen LogP contribution in [0.4, 0.5) is 4.39 Å². The van der Waals surface area contributed by atoms with E-state index in [1.807, 2.05) is 0 Å². The predicted molar refractivity (Wildman–Crippen MR) is 61.7 cm³/mol. The minimum Gasteiger partial charge on any atom is -0.494 e. The summed E-state index contributed by atoms with van der Waals surface area (Å²) < 4.78 is 18.9. The van der Waals surface area contributed by atoms with E-state index in [1.54, 1.807) is 24.3 Å². The number of rotatable bonds is 2. The third-order valence-electron chi connectivity index (χ3n) is 2.08. The van der Waals surface area contributed by atoms with Crippen LogP contribution in [0.5, 0.6) is 5.75 Å². The number of aromatic nitrogens is 2. The van der Waals surface area contributed by atoms with Crippen molar-refractivity contribution < 1.29 is 9.13 Å². The largest absolute Gasteiger partial charge is 0.494 e. The molecular formula is C11H8BrFN2O. The quantitative estimate of drug-likeness (QED) is 0.849. The maximum absolute atomic E-state index is 13.4. The lowest BCUT2D eigenvalue weighted by Gasteiger charge is -2.04. The molecule has 2 aromatic rings. The Balaban J connectivity index is 2.41. The SMILES string of the molecule is COc1ccc(-c2ccc(Br)nn2)cc1F. The molecule has 1 aromatic heterocycles. The van der Waals surface area contributed by atoms with Crippen molar-refractivity contribution in [3.05, 3.63) is 40.8 Å². The molecule has 82 valence electrons. The van der Waals surface area contributed by atoms with Crippen molar-refractivity contribution >= 4 is 15.9 Å². The Hall–Kier alpha value is -1.49. The van der Waals surface area contributed by atoms with E-state index in [1.165, 1.54) is 13.2 Å². The highest BCUT2D eigenvalue weighted by atomic mass is 79.9. The molecule has 5 heteroatoms. The van der Waals surface area contributed by atoms with Gasteiger partial charge in [-0.1, -0.05) is 0 Å². The molecule has 16 heavy (non-hydrogen) atoms. The Labute approximate surface area is 100 Å². The first-order chi connectivity index (χ1) is 7.70. The Morgan fingerprint density at radius 2 is 2.00 bits per heavy atom. The number of hydrogen-bond donors (Lipinski definition) is 0. The van der Waals surface area contributed by atoms with Crippen molar-refractivity contribution in [3.63, 3.8) is 0 Å². The zero-order chi connectivity index (χ0) is 11.5. The van der Waals surface area contributed by atoms with E-state index in [-0.39, 0.29) is 5.75 Å². The molecule has 1 heterocycles. The molecule has 1 aromatic carbocycles. The summed E-state index contributed by atoms with van der Waals surface area (Å²) in [6, 6.07) is 8.19. The summed E-state index contributed by atoms with van der Waals surface area (Å²) in [7, 11) is 1.43. The summed E-state index contributed by atoms with van der Waals surface area (Å²) >= 11 is 3.19. The fraction of sp³-hybridized carbons (Fsp3) is 0.0909. The number of benzene rings is 1. The molecule has 0 unspecified atom stereocenters. The topological polar surface area (TPSA) is 35.0 Å². The van der Waals surface area contributed by atoms with Gasteiger partial charge in [0.2, 0.25) is 0 Å². The zero-order valence-corrected chi connectivity index (χ0v) is 10.0.